The highest BCUT2D eigenvalue weighted by Crippen LogP contribution is 2.41. The van der Waals surface area contributed by atoms with Crippen molar-refractivity contribution < 1.29 is 19.9 Å². The van der Waals surface area contributed by atoms with Gasteiger partial charge in [0.25, 0.3) is 0 Å². The maximum atomic E-state index is 10.9. The Labute approximate surface area is 122 Å². The van der Waals surface area contributed by atoms with E-state index < -0.39 is 27.8 Å². The summed E-state index contributed by atoms with van der Waals surface area (Å²) in [5.41, 5.74) is 5.29. The van der Waals surface area contributed by atoms with Gasteiger partial charge in [-0.2, -0.15) is 0 Å². The molecule has 1 atom stereocenters. The molecule has 8 heteroatoms. The summed E-state index contributed by atoms with van der Waals surface area (Å²) < 4.78 is 4.90. The van der Waals surface area contributed by atoms with Crippen molar-refractivity contribution in [2.45, 2.75) is 19.9 Å². The molecule has 0 aromatic heterocycles. The SMILES string of the molecule is COc1cc([C@H](N)C(C)(C)CO)cc([N+](=O)[O-])c1O.Cl. The second kappa shape index (κ2) is 6.74. The Morgan fingerprint density at radius 1 is 1.50 bits per heavy atom. The minimum atomic E-state index is -0.708. The number of nitrogens with two attached hydrogens (primary N) is 1. The number of phenolic OH excluding ortho intramolecular Hbond substituents is 1. The molecule has 0 spiro atoms. The number of aliphatic hydroxyl groups excluding tert-OH is 1. The molecule has 0 fully saturated rings. The van der Waals surface area contributed by atoms with Gasteiger partial charge in [-0.1, -0.05) is 13.8 Å². The van der Waals surface area contributed by atoms with Crippen LogP contribution in [0.5, 0.6) is 11.5 Å². The highest BCUT2D eigenvalue weighted by Gasteiger charge is 2.30. The summed E-state index contributed by atoms with van der Waals surface area (Å²) in [7, 11) is 1.30. The Bertz CT molecular complexity index is 493. The first-order chi connectivity index (χ1) is 8.74. The third kappa shape index (κ3) is 3.50. The molecule has 20 heavy (non-hydrogen) atoms. The van der Waals surface area contributed by atoms with Crippen LogP contribution in [-0.4, -0.2) is 28.9 Å². The lowest BCUT2D eigenvalue weighted by Gasteiger charge is -2.29. The van der Waals surface area contributed by atoms with Gasteiger partial charge in [0, 0.05) is 24.1 Å². The lowest BCUT2D eigenvalue weighted by molar-refractivity contribution is -0.386. The minimum Gasteiger partial charge on any atom is -0.500 e. The van der Waals surface area contributed by atoms with Crippen LogP contribution < -0.4 is 10.5 Å². The van der Waals surface area contributed by atoms with Crippen molar-refractivity contribution in [1.82, 2.24) is 0 Å². The van der Waals surface area contributed by atoms with Crippen LogP contribution in [0, 0.1) is 15.5 Å². The van der Waals surface area contributed by atoms with Crippen LogP contribution in [0.2, 0.25) is 0 Å². The van der Waals surface area contributed by atoms with Crippen LogP contribution in [0.3, 0.4) is 0 Å². The predicted molar refractivity (Wildman–Crippen MR) is 76.4 cm³/mol. The van der Waals surface area contributed by atoms with Gasteiger partial charge in [0.1, 0.15) is 0 Å². The third-order valence-electron chi connectivity index (χ3n) is 3.10. The highest BCUT2D eigenvalue weighted by molar-refractivity contribution is 5.85. The van der Waals surface area contributed by atoms with Gasteiger partial charge in [0.2, 0.25) is 5.75 Å². The van der Waals surface area contributed by atoms with E-state index in [0.717, 1.165) is 0 Å². The fourth-order valence-electron chi connectivity index (χ4n) is 1.64. The molecule has 0 bridgehead atoms. The molecule has 0 saturated heterocycles. The molecular formula is C12H19ClN2O5. The monoisotopic (exact) mass is 306 g/mol. The molecule has 1 aromatic carbocycles. The smallest absolute Gasteiger partial charge is 0.314 e. The molecule has 7 nitrogen and oxygen atoms in total. The number of nitro benzene ring substituents is 1. The zero-order valence-corrected chi connectivity index (χ0v) is 12.3. The van der Waals surface area contributed by atoms with Crippen molar-refractivity contribution >= 4 is 18.1 Å². The molecule has 4 N–H and O–H groups in total. The van der Waals surface area contributed by atoms with E-state index in [0.29, 0.717) is 5.56 Å². The molecule has 1 rings (SSSR count). The van der Waals surface area contributed by atoms with E-state index in [2.05, 4.69) is 0 Å². The zero-order chi connectivity index (χ0) is 14.8. The van der Waals surface area contributed by atoms with E-state index in [1.165, 1.54) is 19.2 Å². The number of methoxy groups -OCH3 is 1. The number of nitrogens with zero attached hydrogens (tertiary/aromatic N) is 1. The number of aliphatic hydroxyl groups is 1. The second-order valence-electron chi connectivity index (χ2n) is 4.97. The summed E-state index contributed by atoms with van der Waals surface area (Å²) in [4.78, 5) is 10.2. The van der Waals surface area contributed by atoms with E-state index in [1.807, 2.05) is 0 Å². The lowest BCUT2D eigenvalue weighted by atomic mass is 9.81. The topological polar surface area (TPSA) is 119 Å². The summed E-state index contributed by atoms with van der Waals surface area (Å²) in [6.07, 6.45) is 0. The van der Waals surface area contributed by atoms with E-state index in [4.69, 9.17) is 10.5 Å². The molecule has 0 radical (unpaired) electrons. The second-order valence-corrected chi connectivity index (χ2v) is 4.97. The van der Waals surface area contributed by atoms with Gasteiger partial charge in [0.05, 0.1) is 12.0 Å². The molecule has 0 amide bonds. The standard InChI is InChI=1S/C12H18N2O5.ClH/c1-12(2,6-15)11(13)7-4-8(14(17)18)10(16)9(5-7)19-3;/h4-5,11,15-16H,6,13H2,1-3H3;1H/t11-;/m0./s1. The fraction of sp³-hybridized carbons (Fsp3) is 0.500. The Kier molecular flexibility index (Phi) is 6.21. The first kappa shape index (κ1) is 18.4. The van der Waals surface area contributed by atoms with Gasteiger partial charge in [0.15, 0.2) is 5.75 Å². The van der Waals surface area contributed by atoms with Crippen LogP contribution in [0.1, 0.15) is 25.5 Å². The average molecular weight is 307 g/mol. The third-order valence-corrected chi connectivity index (χ3v) is 3.10. The van der Waals surface area contributed by atoms with Crippen molar-refractivity contribution in [2.24, 2.45) is 11.1 Å². The Morgan fingerprint density at radius 2 is 2.05 bits per heavy atom. The molecule has 1 aromatic rings. The molecule has 0 saturated carbocycles. The van der Waals surface area contributed by atoms with E-state index >= 15 is 0 Å². The summed E-state index contributed by atoms with van der Waals surface area (Å²) in [5, 5.41) is 29.8. The number of ether oxygens (including phenoxy) is 1. The molecule has 0 heterocycles. The molecule has 0 aliphatic carbocycles. The minimum absolute atomic E-state index is 0. The largest absolute Gasteiger partial charge is 0.500 e. The van der Waals surface area contributed by atoms with Gasteiger partial charge >= 0.3 is 5.69 Å². The number of benzene rings is 1. The highest BCUT2D eigenvalue weighted by atomic mass is 35.5. The Hall–Kier alpha value is -1.57. The zero-order valence-electron chi connectivity index (χ0n) is 11.5. The van der Waals surface area contributed by atoms with Crippen molar-refractivity contribution in [3.05, 3.63) is 27.8 Å². The van der Waals surface area contributed by atoms with Gasteiger partial charge in [-0.25, -0.2) is 0 Å². The van der Waals surface area contributed by atoms with Gasteiger partial charge in [-0.05, 0) is 11.6 Å². The average Bonchev–Trinajstić information content (AvgIpc) is 2.37. The molecule has 0 unspecified atom stereocenters. The fourth-order valence-corrected chi connectivity index (χ4v) is 1.64. The van der Waals surface area contributed by atoms with E-state index in [-0.39, 0.29) is 24.8 Å². The number of halogens is 1. The van der Waals surface area contributed by atoms with Crippen molar-refractivity contribution in [1.29, 1.82) is 0 Å². The quantitative estimate of drug-likeness (QED) is 0.563. The summed E-state index contributed by atoms with van der Waals surface area (Å²) in [5.74, 6) is -0.557. The first-order valence-corrected chi connectivity index (χ1v) is 5.66. The van der Waals surface area contributed by atoms with Crippen LogP contribution >= 0.6 is 12.4 Å². The number of nitro groups is 1. The Balaban J connectivity index is 0.00000361. The normalized spacial score (nSPS) is 12.4. The summed E-state index contributed by atoms with van der Waals surface area (Å²) in [6, 6.07) is 2.00. The van der Waals surface area contributed by atoms with Gasteiger partial charge < -0.3 is 20.7 Å². The number of rotatable bonds is 5. The number of phenols is 1. The summed E-state index contributed by atoms with van der Waals surface area (Å²) >= 11 is 0. The number of hydrogen-bond acceptors (Lipinski definition) is 6. The van der Waals surface area contributed by atoms with Gasteiger partial charge in [-0.15, -0.1) is 12.4 Å². The van der Waals surface area contributed by atoms with Crippen molar-refractivity contribution in [2.75, 3.05) is 13.7 Å². The van der Waals surface area contributed by atoms with Crippen LogP contribution in [-0.2, 0) is 0 Å². The van der Waals surface area contributed by atoms with Crippen LogP contribution in [0.4, 0.5) is 5.69 Å². The van der Waals surface area contributed by atoms with Crippen LogP contribution in [0.25, 0.3) is 0 Å². The first-order valence-electron chi connectivity index (χ1n) is 5.66. The summed E-state index contributed by atoms with van der Waals surface area (Å²) in [6.45, 7) is 3.30. The maximum Gasteiger partial charge on any atom is 0.314 e. The Morgan fingerprint density at radius 3 is 2.45 bits per heavy atom. The van der Waals surface area contributed by atoms with Crippen LogP contribution in [0.15, 0.2) is 12.1 Å². The molecule has 0 aliphatic rings. The molecular weight excluding hydrogens is 288 g/mol. The maximum absolute atomic E-state index is 10.9. The predicted octanol–water partition coefficient (Wildman–Crippen LogP) is 1.75. The van der Waals surface area contributed by atoms with E-state index in [9.17, 15) is 20.3 Å². The number of hydrogen-bond donors (Lipinski definition) is 3. The molecule has 114 valence electrons. The van der Waals surface area contributed by atoms with Crippen molar-refractivity contribution in [3.63, 3.8) is 0 Å². The van der Waals surface area contributed by atoms with Crippen molar-refractivity contribution in [3.8, 4) is 11.5 Å². The van der Waals surface area contributed by atoms with Gasteiger partial charge in [-0.3, -0.25) is 10.1 Å². The molecule has 0 aliphatic heterocycles. The number of aromatic hydroxyl groups is 1. The lowest BCUT2D eigenvalue weighted by Crippen LogP contribution is -2.32. The van der Waals surface area contributed by atoms with E-state index in [1.54, 1.807) is 13.8 Å².